The van der Waals surface area contributed by atoms with E-state index in [9.17, 15) is 20.0 Å². The molecule has 9 nitrogen and oxygen atoms in total. The van der Waals surface area contributed by atoms with Crippen LogP contribution in [-0.4, -0.2) is 36.5 Å². The predicted molar refractivity (Wildman–Crippen MR) is 121 cm³/mol. The summed E-state index contributed by atoms with van der Waals surface area (Å²) in [6.45, 7) is 0. The van der Waals surface area contributed by atoms with Gasteiger partial charge >= 0.3 is 0 Å². The van der Waals surface area contributed by atoms with Gasteiger partial charge in [-0.15, -0.1) is 10.2 Å². The number of thioether (sulfide) groups is 1. The molecule has 0 aliphatic rings. The molecule has 3 aromatic carbocycles. The van der Waals surface area contributed by atoms with E-state index in [1.165, 1.54) is 18.2 Å². The lowest BCUT2D eigenvalue weighted by molar-refractivity contribution is -0.383. The molecule has 160 valence electrons. The second-order valence-corrected chi connectivity index (χ2v) is 7.55. The van der Waals surface area contributed by atoms with Crippen LogP contribution in [0.1, 0.15) is 0 Å². The number of hydrogen-bond acceptors (Lipinski definition) is 7. The van der Waals surface area contributed by atoms with Crippen molar-refractivity contribution in [3.8, 4) is 22.8 Å². The molecule has 1 aromatic heterocycles. The van der Waals surface area contributed by atoms with E-state index in [0.717, 1.165) is 17.4 Å². The van der Waals surface area contributed by atoms with E-state index in [1.54, 1.807) is 34.9 Å². The van der Waals surface area contributed by atoms with Crippen LogP contribution in [0.5, 0.6) is 5.75 Å². The monoisotopic (exact) mass is 447 g/mol. The second kappa shape index (κ2) is 9.31. The van der Waals surface area contributed by atoms with Gasteiger partial charge in [-0.2, -0.15) is 0 Å². The first kappa shape index (κ1) is 21.1. The molecule has 1 amide bonds. The number of para-hydroxylation sites is 4. The van der Waals surface area contributed by atoms with Crippen LogP contribution in [0.15, 0.2) is 84.0 Å². The molecule has 0 unspecified atom stereocenters. The molecular weight excluding hydrogens is 430 g/mol. The van der Waals surface area contributed by atoms with Gasteiger partial charge in [0, 0.05) is 11.8 Å². The highest BCUT2D eigenvalue weighted by Crippen LogP contribution is 2.32. The molecule has 0 radical (unpaired) electrons. The summed E-state index contributed by atoms with van der Waals surface area (Å²) < 4.78 is 1.75. The van der Waals surface area contributed by atoms with Crippen molar-refractivity contribution < 1.29 is 14.8 Å². The average molecular weight is 447 g/mol. The van der Waals surface area contributed by atoms with Gasteiger partial charge in [0.2, 0.25) is 5.91 Å². The number of anilines is 1. The van der Waals surface area contributed by atoms with Gasteiger partial charge in [0.05, 0.1) is 16.2 Å². The van der Waals surface area contributed by atoms with E-state index >= 15 is 0 Å². The molecular formula is C22H17N5O4S. The van der Waals surface area contributed by atoms with E-state index < -0.39 is 10.8 Å². The van der Waals surface area contributed by atoms with Crippen LogP contribution >= 0.6 is 11.8 Å². The van der Waals surface area contributed by atoms with Crippen LogP contribution in [0.25, 0.3) is 17.1 Å². The molecule has 4 aromatic rings. The van der Waals surface area contributed by atoms with Crippen molar-refractivity contribution in [1.29, 1.82) is 0 Å². The lowest BCUT2D eigenvalue weighted by atomic mass is 10.2. The standard InChI is InChI=1S/C22H17N5O4S/c28-19-13-7-4-10-16(19)21-24-25-22(26(21)15-8-2-1-3-9-15)32-14-20(29)23-17-11-5-6-12-18(17)27(30)31/h1-13,28H,14H2,(H,23,29). The molecule has 0 aliphatic heterocycles. The number of phenolic OH excluding ortho intramolecular Hbond substituents is 1. The summed E-state index contributed by atoms with van der Waals surface area (Å²) in [7, 11) is 0. The maximum Gasteiger partial charge on any atom is 0.292 e. The predicted octanol–water partition coefficient (Wildman–Crippen LogP) is 4.28. The second-order valence-electron chi connectivity index (χ2n) is 6.61. The molecule has 0 saturated carbocycles. The van der Waals surface area contributed by atoms with Gasteiger partial charge in [0.25, 0.3) is 5.69 Å². The number of benzene rings is 3. The minimum atomic E-state index is -0.548. The summed E-state index contributed by atoms with van der Waals surface area (Å²) in [5.74, 6) is 0.0207. The normalized spacial score (nSPS) is 10.6. The van der Waals surface area contributed by atoms with Crippen LogP contribution in [0.4, 0.5) is 11.4 Å². The summed E-state index contributed by atoms with van der Waals surface area (Å²) >= 11 is 1.13. The number of rotatable bonds is 7. The Kier molecular flexibility index (Phi) is 6.13. The van der Waals surface area contributed by atoms with Crippen molar-refractivity contribution in [2.75, 3.05) is 11.1 Å². The molecule has 32 heavy (non-hydrogen) atoms. The smallest absolute Gasteiger partial charge is 0.292 e. The first-order chi connectivity index (χ1) is 15.5. The number of amides is 1. The highest BCUT2D eigenvalue weighted by atomic mass is 32.2. The van der Waals surface area contributed by atoms with Crippen molar-refractivity contribution in [2.45, 2.75) is 5.16 Å². The van der Waals surface area contributed by atoms with E-state index in [0.29, 0.717) is 16.5 Å². The lowest BCUT2D eigenvalue weighted by Crippen LogP contribution is -2.15. The summed E-state index contributed by atoms with van der Waals surface area (Å²) in [6.07, 6.45) is 0. The Labute approximate surface area is 186 Å². The van der Waals surface area contributed by atoms with Gasteiger partial charge in [-0.3, -0.25) is 19.5 Å². The highest BCUT2D eigenvalue weighted by Gasteiger charge is 2.20. The Morgan fingerprint density at radius 1 is 1.00 bits per heavy atom. The third-order valence-electron chi connectivity index (χ3n) is 4.50. The van der Waals surface area contributed by atoms with Crippen LogP contribution < -0.4 is 5.32 Å². The molecule has 1 heterocycles. The van der Waals surface area contributed by atoms with Crippen LogP contribution in [0, 0.1) is 10.1 Å². The SMILES string of the molecule is O=C(CSc1nnc(-c2ccccc2O)n1-c1ccccc1)Nc1ccccc1[N+](=O)[O-]. The quantitative estimate of drug-likeness (QED) is 0.246. The number of carbonyl (C=O) groups is 1. The van der Waals surface area contributed by atoms with Crippen molar-refractivity contribution >= 4 is 29.0 Å². The molecule has 2 N–H and O–H groups in total. The van der Waals surface area contributed by atoms with Crippen molar-refractivity contribution in [3.05, 3.63) is 89.0 Å². The lowest BCUT2D eigenvalue weighted by Gasteiger charge is -2.11. The molecule has 0 bridgehead atoms. The Balaban J connectivity index is 1.60. The molecule has 0 aliphatic carbocycles. The van der Waals surface area contributed by atoms with Crippen molar-refractivity contribution in [3.63, 3.8) is 0 Å². The first-order valence-corrected chi connectivity index (χ1v) is 10.5. The average Bonchev–Trinajstić information content (AvgIpc) is 3.22. The molecule has 10 heteroatoms. The number of aromatic nitrogens is 3. The first-order valence-electron chi connectivity index (χ1n) is 9.50. The third-order valence-corrected chi connectivity index (χ3v) is 5.43. The summed E-state index contributed by atoms with van der Waals surface area (Å²) in [6, 6.07) is 22.1. The molecule has 0 saturated heterocycles. The van der Waals surface area contributed by atoms with Gasteiger partial charge in [-0.1, -0.05) is 54.2 Å². The Morgan fingerprint density at radius 3 is 2.44 bits per heavy atom. The van der Waals surface area contributed by atoms with Crippen LogP contribution in [0.3, 0.4) is 0 Å². The number of aromatic hydroxyl groups is 1. The number of carbonyl (C=O) groups excluding carboxylic acids is 1. The van der Waals surface area contributed by atoms with Crippen LogP contribution in [0.2, 0.25) is 0 Å². The van der Waals surface area contributed by atoms with E-state index in [2.05, 4.69) is 15.5 Å². The van der Waals surface area contributed by atoms with Crippen LogP contribution in [-0.2, 0) is 4.79 Å². The summed E-state index contributed by atoms with van der Waals surface area (Å²) in [4.78, 5) is 23.1. The Morgan fingerprint density at radius 2 is 1.69 bits per heavy atom. The van der Waals surface area contributed by atoms with E-state index in [1.807, 2.05) is 30.3 Å². The molecule has 0 fully saturated rings. The zero-order chi connectivity index (χ0) is 22.5. The van der Waals surface area contributed by atoms with Gasteiger partial charge in [-0.05, 0) is 30.3 Å². The third kappa shape index (κ3) is 4.44. The summed E-state index contributed by atoms with van der Waals surface area (Å²) in [5, 5.41) is 32.9. The number of nitrogens with one attached hydrogen (secondary N) is 1. The fraction of sp³-hybridized carbons (Fsp3) is 0.0455. The highest BCUT2D eigenvalue weighted by molar-refractivity contribution is 7.99. The molecule has 0 atom stereocenters. The fourth-order valence-electron chi connectivity index (χ4n) is 3.07. The number of hydrogen-bond donors (Lipinski definition) is 2. The van der Waals surface area contributed by atoms with Gasteiger partial charge in [-0.25, -0.2) is 0 Å². The van der Waals surface area contributed by atoms with Crippen molar-refractivity contribution in [2.24, 2.45) is 0 Å². The van der Waals surface area contributed by atoms with Crippen molar-refractivity contribution in [1.82, 2.24) is 14.8 Å². The van der Waals surface area contributed by atoms with E-state index in [-0.39, 0.29) is 22.9 Å². The molecule has 4 rings (SSSR count). The number of nitro groups is 1. The fourth-order valence-corrected chi connectivity index (χ4v) is 3.82. The minimum Gasteiger partial charge on any atom is -0.507 e. The Hall–Kier alpha value is -4.18. The maximum atomic E-state index is 12.5. The number of nitrogens with zero attached hydrogens (tertiary/aromatic N) is 4. The summed E-state index contributed by atoms with van der Waals surface area (Å²) in [5.41, 5.74) is 1.21. The zero-order valence-corrected chi connectivity index (χ0v) is 17.4. The Bertz CT molecular complexity index is 1280. The topological polar surface area (TPSA) is 123 Å². The van der Waals surface area contributed by atoms with E-state index in [4.69, 9.17) is 0 Å². The molecule has 0 spiro atoms. The van der Waals surface area contributed by atoms with Gasteiger partial charge in [0.1, 0.15) is 11.4 Å². The largest absolute Gasteiger partial charge is 0.507 e. The van der Waals surface area contributed by atoms with Gasteiger partial charge in [0.15, 0.2) is 11.0 Å². The number of nitro benzene ring substituents is 1. The maximum absolute atomic E-state index is 12.5. The van der Waals surface area contributed by atoms with Gasteiger partial charge < -0.3 is 10.4 Å². The zero-order valence-electron chi connectivity index (χ0n) is 16.6. The number of phenols is 1. The minimum absolute atomic E-state index is 0.0439.